The smallest absolute Gasteiger partial charge is 0.0729 e. The highest BCUT2D eigenvalue weighted by molar-refractivity contribution is 5.32. The first-order valence-electron chi connectivity index (χ1n) is 8.14. The van der Waals surface area contributed by atoms with Crippen molar-refractivity contribution in [2.75, 3.05) is 19.8 Å². The molecule has 2 fully saturated rings. The molecule has 0 amide bonds. The fourth-order valence-corrected chi connectivity index (χ4v) is 3.71. The van der Waals surface area contributed by atoms with Gasteiger partial charge in [-0.25, -0.2) is 0 Å². The van der Waals surface area contributed by atoms with Gasteiger partial charge < -0.3 is 15.2 Å². The third kappa shape index (κ3) is 3.15. The molecule has 2 saturated heterocycles. The van der Waals surface area contributed by atoms with Crippen LogP contribution in [0.25, 0.3) is 0 Å². The molecular formula is C18H27NO2. The molecule has 2 heterocycles. The normalized spacial score (nSPS) is 26.7. The van der Waals surface area contributed by atoms with Crippen LogP contribution in [0.2, 0.25) is 0 Å². The molecule has 3 nitrogen and oxygen atoms in total. The van der Waals surface area contributed by atoms with Crippen LogP contribution in [0.5, 0.6) is 0 Å². The van der Waals surface area contributed by atoms with Crippen LogP contribution in [0.3, 0.4) is 0 Å². The molecule has 0 aliphatic carbocycles. The Morgan fingerprint density at radius 2 is 1.90 bits per heavy atom. The summed E-state index contributed by atoms with van der Waals surface area (Å²) >= 11 is 0. The molecule has 116 valence electrons. The van der Waals surface area contributed by atoms with Crippen molar-refractivity contribution < 1.29 is 9.47 Å². The van der Waals surface area contributed by atoms with Gasteiger partial charge in [0.2, 0.25) is 0 Å². The molecule has 1 aromatic rings. The predicted octanol–water partition coefficient (Wildman–Crippen LogP) is 3.28. The molecule has 1 aromatic carbocycles. The molecule has 2 N–H and O–H groups in total. The highest BCUT2D eigenvalue weighted by Gasteiger charge is 2.40. The summed E-state index contributed by atoms with van der Waals surface area (Å²) in [5.74, 6) is 0.513. The number of benzene rings is 1. The summed E-state index contributed by atoms with van der Waals surface area (Å²) in [5.41, 5.74) is 10.6. The third-order valence-corrected chi connectivity index (χ3v) is 5.36. The number of aryl methyl sites for hydroxylation is 2. The van der Waals surface area contributed by atoms with E-state index < -0.39 is 0 Å². The maximum Gasteiger partial charge on any atom is 0.0729 e. The minimum Gasteiger partial charge on any atom is -0.381 e. The fourth-order valence-electron chi connectivity index (χ4n) is 3.71. The second kappa shape index (κ2) is 6.07. The monoisotopic (exact) mass is 289 g/mol. The SMILES string of the molecule is Cc1ccc(C(N)C2CCOC3(CCOCC3)C2)cc1C. The van der Waals surface area contributed by atoms with Crippen molar-refractivity contribution in [1.29, 1.82) is 0 Å². The van der Waals surface area contributed by atoms with E-state index in [-0.39, 0.29) is 11.6 Å². The lowest BCUT2D eigenvalue weighted by atomic mass is 9.76. The van der Waals surface area contributed by atoms with Crippen LogP contribution >= 0.6 is 0 Å². The topological polar surface area (TPSA) is 44.5 Å². The van der Waals surface area contributed by atoms with E-state index in [2.05, 4.69) is 32.0 Å². The second-order valence-corrected chi connectivity index (χ2v) is 6.77. The molecule has 3 rings (SSSR count). The average Bonchev–Trinajstić information content (AvgIpc) is 2.50. The minimum atomic E-state index is 0.0263. The lowest BCUT2D eigenvalue weighted by Crippen LogP contribution is -2.46. The second-order valence-electron chi connectivity index (χ2n) is 6.77. The first kappa shape index (κ1) is 15.0. The van der Waals surface area contributed by atoms with Crippen LogP contribution in [0.15, 0.2) is 18.2 Å². The van der Waals surface area contributed by atoms with Gasteiger partial charge in [-0.15, -0.1) is 0 Å². The Balaban J connectivity index is 1.74. The van der Waals surface area contributed by atoms with Gasteiger partial charge in [0, 0.05) is 25.9 Å². The van der Waals surface area contributed by atoms with Crippen LogP contribution in [-0.4, -0.2) is 25.4 Å². The van der Waals surface area contributed by atoms with E-state index in [4.69, 9.17) is 15.2 Å². The molecule has 3 heteroatoms. The van der Waals surface area contributed by atoms with Gasteiger partial charge in [-0.05, 0) is 62.1 Å². The molecule has 0 bridgehead atoms. The Morgan fingerprint density at radius 3 is 2.62 bits per heavy atom. The molecule has 0 aromatic heterocycles. The molecule has 0 radical (unpaired) electrons. The summed E-state index contributed by atoms with van der Waals surface area (Å²) in [6.07, 6.45) is 4.17. The third-order valence-electron chi connectivity index (χ3n) is 5.36. The Labute approximate surface area is 127 Å². The van der Waals surface area contributed by atoms with Crippen molar-refractivity contribution in [2.45, 2.75) is 51.2 Å². The number of rotatable bonds is 2. The van der Waals surface area contributed by atoms with Crippen molar-refractivity contribution in [3.05, 3.63) is 34.9 Å². The maximum atomic E-state index is 6.59. The Bertz CT molecular complexity index is 488. The van der Waals surface area contributed by atoms with Crippen LogP contribution in [0.4, 0.5) is 0 Å². The lowest BCUT2D eigenvalue weighted by molar-refractivity contribution is -0.149. The van der Waals surface area contributed by atoms with Crippen LogP contribution < -0.4 is 5.73 Å². The van der Waals surface area contributed by atoms with E-state index >= 15 is 0 Å². The van der Waals surface area contributed by atoms with Crippen LogP contribution in [0, 0.1) is 19.8 Å². The summed E-state index contributed by atoms with van der Waals surface area (Å²) in [6.45, 7) is 6.80. The number of hydrogen-bond donors (Lipinski definition) is 1. The molecule has 0 saturated carbocycles. The molecule has 2 atom stereocenters. The van der Waals surface area contributed by atoms with Crippen molar-refractivity contribution in [1.82, 2.24) is 0 Å². The highest BCUT2D eigenvalue weighted by Crippen LogP contribution is 2.41. The number of ether oxygens (including phenoxy) is 2. The standard InChI is InChI=1S/C18H27NO2/c1-13-3-4-15(11-14(13)2)17(19)16-5-8-21-18(12-16)6-9-20-10-7-18/h3-4,11,16-17H,5-10,12,19H2,1-2H3. The van der Waals surface area contributed by atoms with E-state index in [1.807, 2.05) is 0 Å². The van der Waals surface area contributed by atoms with Crippen molar-refractivity contribution in [3.63, 3.8) is 0 Å². The van der Waals surface area contributed by atoms with Gasteiger partial charge in [-0.1, -0.05) is 18.2 Å². The Morgan fingerprint density at radius 1 is 1.14 bits per heavy atom. The van der Waals surface area contributed by atoms with Gasteiger partial charge in [-0.3, -0.25) is 0 Å². The summed E-state index contributed by atoms with van der Waals surface area (Å²) in [7, 11) is 0. The summed E-state index contributed by atoms with van der Waals surface area (Å²) in [4.78, 5) is 0. The van der Waals surface area contributed by atoms with E-state index in [0.717, 1.165) is 45.5 Å². The molecule has 2 aliphatic rings. The average molecular weight is 289 g/mol. The Hall–Kier alpha value is -0.900. The maximum absolute atomic E-state index is 6.59. The zero-order chi connectivity index (χ0) is 14.9. The van der Waals surface area contributed by atoms with Gasteiger partial charge >= 0.3 is 0 Å². The minimum absolute atomic E-state index is 0.0263. The van der Waals surface area contributed by atoms with E-state index in [1.165, 1.54) is 16.7 Å². The van der Waals surface area contributed by atoms with E-state index in [1.54, 1.807) is 0 Å². The van der Waals surface area contributed by atoms with E-state index in [0.29, 0.717) is 5.92 Å². The van der Waals surface area contributed by atoms with Crippen LogP contribution in [0.1, 0.15) is 48.4 Å². The molecule has 21 heavy (non-hydrogen) atoms. The highest BCUT2D eigenvalue weighted by atomic mass is 16.5. The Kier molecular flexibility index (Phi) is 4.34. The van der Waals surface area contributed by atoms with E-state index in [9.17, 15) is 0 Å². The summed E-state index contributed by atoms with van der Waals surface area (Å²) in [5, 5.41) is 0. The largest absolute Gasteiger partial charge is 0.381 e. The summed E-state index contributed by atoms with van der Waals surface area (Å²) in [6, 6.07) is 6.76. The molecular weight excluding hydrogens is 262 g/mol. The first-order chi connectivity index (χ1) is 10.1. The molecule has 2 aliphatic heterocycles. The first-order valence-corrected chi connectivity index (χ1v) is 8.14. The fraction of sp³-hybridized carbons (Fsp3) is 0.667. The number of hydrogen-bond acceptors (Lipinski definition) is 3. The van der Waals surface area contributed by atoms with Gasteiger partial charge in [0.25, 0.3) is 0 Å². The quantitative estimate of drug-likeness (QED) is 0.908. The van der Waals surface area contributed by atoms with Gasteiger partial charge in [-0.2, -0.15) is 0 Å². The van der Waals surface area contributed by atoms with Gasteiger partial charge in [0.05, 0.1) is 5.60 Å². The van der Waals surface area contributed by atoms with Crippen LogP contribution in [-0.2, 0) is 9.47 Å². The van der Waals surface area contributed by atoms with Gasteiger partial charge in [0.1, 0.15) is 0 Å². The van der Waals surface area contributed by atoms with Crippen molar-refractivity contribution >= 4 is 0 Å². The van der Waals surface area contributed by atoms with Crippen molar-refractivity contribution in [3.8, 4) is 0 Å². The zero-order valence-corrected chi connectivity index (χ0v) is 13.2. The lowest BCUT2D eigenvalue weighted by Gasteiger charge is -2.44. The van der Waals surface area contributed by atoms with Gasteiger partial charge in [0.15, 0.2) is 0 Å². The number of nitrogens with two attached hydrogens (primary N) is 1. The predicted molar refractivity (Wildman–Crippen MR) is 84.3 cm³/mol. The van der Waals surface area contributed by atoms with Crippen molar-refractivity contribution in [2.24, 2.45) is 11.7 Å². The summed E-state index contributed by atoms with van der Waals surface area (Å²) < 4.78 is 11.6. The zero-order valence-electron chi connectivity index (χ0n) is 13.2. The molecule has 2 unspecified atom stereocenters. The molecule has 1 spiro atoms.